The number of benzene rings is 1. The van der Waals surface area contributed by atoms with Crippen molar-refractivity contribution >= 4 is 28.8 Å². The van der Waals surface area contributed by atoms with Crippen molar-refractivity contribution < 1.29 is 18.7 Å². The van der Waals surface area contributed by atoms with Crippen molar-refractivity contribution in [3.8, 4) is 22.8 Å². The molecule has 0 saturated carbocycles. The Balaban J connectivity index is 1.31. The number of carbonyl (C=O) groups excluding carboxylic acids is 1. The Kier molecular flexibility index (Phi) is 6.67. The summed E-state index contributed by atoms with van der Waals surface area (Å²) in [6.07, 6.45) is 2.05. The molecule has 2 aliphatic rings. The van der Waals surface area contributed by atoms with E-state index in [1.54, 1.807) is 17.0 Å². The number of nitrogens with zero attached hydrogens (tertiary/aromatic N) is 6. The summed E-state index contributed by atoms with van der Waals surface area (Å²) in [5, 5.41) is 0.697. The van der Waals surface area contributed by atoms with Crippen molar-refractivity contribution in [2.24, 2.45) is 5.92 Å². The Morgan fingerprint density at radius 3 is 2.73 bits per heavy atom. The van der Waals surface area contributed by atoms with Crippen molar-refractivity contribution in [3.63, 3.8) is 0 Å². The fourth-order valence-electron chi connectivity index (χ4n) is 5.71. The van der Waals surface area contributed by atoms with Crippen molar-refractivity contribution in [2.75, 3.05) is 36.8 Å². The molecule has 4 aromatic rings. The first-order chi connectivity index (χ1) is 19.6. The number of hydrogen-bond acceptors (Lipinski definition) is 8. The maximum Gasteiger partial charge on any atom is 0.410 e. The molecule has 0 radical (unpaired) electrons. The van der Waals surface area contributed by atoms with Crippen LogP contribution >= 0.6 is 0 Å². The fourth-order valence-corrected chi connectivity index (χ4v) is 5.71. The Morgan fingerprint density at radius 2 is 1.98 bits per heavy atom. The molecular formula is C30H34FN7O3. The standard InChI is InChI=1S/C30H34FN7O3/c1-18-6-5-7-23(35-18)40-22-9-8-20(14-21(22)31)24-25-26(32)33-17-34-27(25)38-13-12-36(28(24)38)15-19-10-11-37(16-19)29(39)41-30(2,3)4/h5-9,14,17,19H,10-13,15-16H2,1-4H3,(H2,32,33,34)/t19-/m1/s1. The van der Waals surface area contributed by atoms with Gasteiger partial charge in [0.1, 0.15) is 29.2 Å². The first-order valence-electron chi connectivity index (χ1n) is 13.8. The Hall–Kier alpha value is -4.41. The molecule has 10 nitrogen and oxygen atoms in total. The molecule has 1 fully saturated rings. The van der Waals surface area contributed by atoms with Gasteiger partial charge in [-0.15, -0.1) is 0 Å². The number of aryl methyl sites for hydroxylation is 1. The molecule has 0 unspecified atom stereocenters. The molecule has 2 N–H and O–H groups in total. The lowest BCUT2D eigenvalue weighted by Crippen LogP contribution is -2.36. The largest absolute Gasteiger partial charge is 0.444 e. The van der Waals surface area contributed by atoms with Gasteiger partial charge in [0, 0.05) is 50.0 Å². The monoisotopic (exact) mass is 559 g/mol. The average molecular weight is 560 g/mol. The molecule has 0 aliphatic carbocycles. The van der Waals surface area contributed by atoms with Crippen LogP contribution in [0.1, 0.15) is 32.9 Å². The molecule has 5 heterocycles. The number of likely N-dealkylation sites (tertiary alicyclic amines) is 1. The minimum absolute atomic E-state index is 0.0845. The first-order valence-corrected chi connectivity index (χ1v) is 13.8. The Bertz CT molecular complexity index is 1630. The van der Waals surface area contributed by atoms with Gasteiger partial charge in [-0.2, -0.15) is 0 Å². The molecular weight excluding hydrogens is 525 g/mol. The van der Waals surface area contributed by atoms with E-state index in [0.717, 1.165) is 42.2 Å². The van der Waals surface area contributed by atoms with Gasteiger partial charge in [-0.1, -0.05) is 12.1 Å². The number of halogens is 1. The zero-order chi connectivity index (χ0) is 28.9. The quantitative estimate of drug-likeness (QED) is 0.346. The van der Waals surface area contributed by atoms with E-state index in [-0.39, 0.29) is 17.8 Å². The summed E-state index contributed by atoms with van der Waals surface area (Å²) < 4.78 is 28.9. The summed E-state index contributed by atoms with van der Waals surface area (Å²) in [7, 11) is 0. The van der Waals surface area contributed by atoms with Gasteiger partial charge >= 0.3 is 6.09 Å². The molecule has 0 bridgehead atoms. The lowest BCUT2D eigenvalue weighted by atomic mass is 10.0. The normalized spacial score (nSPS) is 16.9. The van der Waals surface area contributed by atoms with Gasteiger partial charge in [-0.3, -0.25) is 0 Å². The van der Waals surface area contributed by atoms with Gasteiger partial charge in [0.05, 0.1) is 5.39 Å². The Morgan fingerprint density at radius 1 is 1.15 bits per heavy atom. The van der Waals surface area contributed by atoms with Gasteiger partial charge in [-0.05, 0) is 63.8 Å². The van der Waals surface area contributed by atoms with Gasteiger partial charge < -0.3 is 29.6 Å². The van der Waals surface area contributed by atoms with Crippen LogP contribution in [0, 0.1) is 18.7 Å². The maximum atomic E-state index is 15.5. The number of carbonyl (C=O) groups is 1. The fraction of sp³-hybridized carbons (Fsp3) is 0.400. The van der Waals surface area contributed by atoms with Crippen LogP contribution in [-0.2, 0) is 11.3 Å². The average Bonchev–Trinajstić information content (AvgIpc) is 3.61. The second-order valence-corrected chi connectivity index (χ2v) is 11.7. The topological polar surface area (TPSA) is 112 Å². The molecule has 2 aliphatic heterocycles. The van der Waals surface area contributed by atoms with Crippen LogP contribution in [0.2, 0.25) is 0 Å². The molecule has 1 aromatic carbocycles. The van der Waals surface area contributed by atoms with E-state index in [0.29, 0.717) is 42.3 Å². The van der Waals surface area contributed by atoms with Crippen LogP contribution < -0.4 is 15.4 Å². The minimum atomic E-state index is -0.534. The molecule has 0 spiro atoms. The third kappa shape index (κ3) is 5.23. The highest BCUT2D eigenvalue weighted by molar-refractivity contribution is 6.07. The summed E-state index contributed by atoms with van der Waals surface area (Å²) in [6.45, 7) is 11.0. The third-order valence-electron chi connectivity index (χ3n) is 7.45. The second-order valence-electron chi connectivity index (χ2n) is 11.7. The third-order valence-corrected chi connectivity index (χ3v) is 7.45. The number of aromatic nitrogens is 4. The number of hydrogen-bond donors (Lipinski definition) is 1. The second kappa shape index (κ2) is 10.2. The molecule has 1 amide bonds. The zero-order valence-electron chi connectivity index (χ0n) is 23.7. The highest BCUT2D eigenvalue weighted by atomic mass is 19.1. The van der Waals surface area contributed by atoms with Gasteiger partial charge in [-0.25, -0.2) is 24.1 Å². The van der Waals surface area contributed by atoms with Gasteiger partial charge in [0.2, 0.25) is 5.88 Å². The summed E-state index contributed by atoms with van der Waals surface area (Å²) >= 11 is 0. The summed E-state index contributed by atoms with van der Waals surface area (Å²) in [6, 6.07) is 10.3. The van der Waals surface area contributed by atoms with E-state index in [1.165, 1.54) is 12.4 Å². The van der Waals surface area contributed by atoms with Crippen molar-refractivity contribution in [3.05, 3.63) is 54.2 Å². The predicted molar refractivity (Wildman–Crippen MR) is 155 cm³/mol. The minimum Gasteiger partial charge on any atom is -0.444 e. The van der Waals surface area contributed by atoms with Crippen LogP contribution in [0.3, 0.4) is 0 Å². The molecule has 6 rings (SSSR count). The number of rotatable bonds is 5. The van der Waals surface area contributed by atoms with Crippen LogP contribution in [0.15, 0.2) is 42.7 Å². The van der Waals surface area contributed by atoms with Gasteiger partial charge in [0.15, 0.2) is 11.6 Å². The lowest BCUT2D eigenvalue weighted by molar-refractivity contribution is 0.0288. The van der Waals surface area contributed by atoms with Gasteiger partial charge in [0.25, 0.3) is 0 Å². The van der Waals surface area contributed by atoms with Crippen molar-refractivity contribution in [1.29, 1.82) is 0 Å². The van der Waals surface area contributed by atoms with E-state index in [9.17, 15) is 4.79 Å². The molecule has 41 heavy (non-hydrogen) atoms. The predicted octanol–water partition coefficient (Wildman–Crippen LogP) is 5.39. The maximum absolute atomic E-state index is 15.5. The van der Waals surface area contributed by atoms with E-state index in [1.807, 2.05) is 45.9 Å². The van der Waals surface area contributed by atoms with Crippen LogP contribution in [0.25, 0.3) is 22.2 Å². The van der Waals surface area contributed by atoms with Crippen molar-refractivity contribution in [2.45, 2.75) is 46.3 Å². The number of nitrogen functional groups attached to an aromatic ring is 1. The van der Waals surface area contributed by atoms with E-state index < -0.39 is 11.4 Å². The SMILES string of the molecule is Cc1cccc(Oc2ccc(-c3c4n(c5ncnc(N)c35)CCN4C[C@H]3CCN(C(=O)OC(C)(C)C)C3)cc2F)n1. The lowest BCUT2D eigenvalue weighted by Gasteiger charge is -2.26. The van der Waals surface area contributed by atoms with E-state index >= 15 is 4.39 Å². The Labute approximate surface area is 237 Å². The molecule has 214 valence electrons. The number of nitrogens with two attached hydrogens (primary N) is 1. The highest BCUT2D eigenvalue weighted by Gasteiger charge is 2.35. The number of anilines is 2. The first kappa shape index (κ1) is 26.8. The summed E-state index contributed by atoms with van der Waals surface area (Å²) in [4.78, 5) is 29.8. The smallest absolute Gasteiger partial charge is 0.410 e. The van der Waals surface area contributed by atoms with E-state index in [2.05, 4.69) is 24.4 Å². The number of amides is 1. The number of ether oxygens (including phenoxy) is 2. The number of pyridine rings is 1. The zero-order valence-corrected chi connectivity index (χ0v) is 23.7. The molecule has 3 aromatic heterocycles. The molecule has 1 saturated heterocycles. The molecule has 11 heteroatoms. The summed E-state index contributed by atoms with van der Waals surface area (Å²) in [5.74, 6) is 1.43. The molecule has 1 atom stereocenters. The van der Waals surface area contributed by atoms with Crippen LogP contribution in [-0.4, -0.2) is 62.3 Å². The van der Waals surface area contributed by atoms with E-state index in [4.69, 9.17) is 15.2 Å². The van der Waals surface area contributed by atoms with Crippen LogP contribution in [0.4, 0.5) is 20.8 Å². The summed E-state index contributed by atoms with van der Waals surface area (Å²) in [5.41, 5.74) is 8.79. The van der Waals surface area contributed by atoms with Crippen LogP contribution in [0.5, 0.6) is 11.6 Å². The number of fused-ring (bicyclic) bond motifs is 3. The highest BCUT2D eigenvalue weighted by Crippen LogP contribution is 2.45. The van der Waals surface area contributed by atoms with Crippen molar-refractivity contribution in [1.82, 2.24) is 24.4 Å².